The van der Waals surface area contributed by atoms with Crippen molar-refractivity contribution >= 4 is 16.7 Å². The van der Waals surface area contributed by atoms with E-state index in [-0.39, 0.29) is 11.6 Å². The van der Waals surface area contributed by atoms with Gasteiger partial charge in [0.2, 0.25) is 0 Å². The normalized spacial score (nSPS) is 16.0. The number of nitrogens with one attached hydrogen (secondary N) is 1. The first-order chi connectivity index (χ1) is 11.7. The molecule has 124 valence electrons. The molecule has 1 aliphatic rings. The van der Waals surface area contributed by atoms with Crippen LogP contribution < -0.4 is 4.90 Å². The highest BCUT2D eigenvalue weighted by Crippen LogP contribution is 2.19. The third kappa shape index (κ3) is 3.10. The van der Waals surface area contributed by atoms with Crippen LogP contribution in [0.3, 0.4) is 0 Å². The molecule has 1 saturated heterocycles. The van der Waals surface area contributed by atoms with Gasteiger partial charge in [-0.3, -0.25) is 4.90 Å². The van der Waals surface area contributed by atoms with Gasteiger partial charge in [-0.1, -0.05) is 0 Å². The molecular formula is C18H18F2N4. The first-order valence-corrected chi connectivity index (χ1v) is 8.03. The van der Waals surface area contributed by atoms with Crippen molar-refractivity contribution in [3.05, 3.63) is 59.9 Å². The first kappa shape index (κ1) is 15.1. The summed E-state index contributed by atoms with van der Waals surface area (Å²) in [4.78, 5) is 12.0. The zero-order valence-corrected chi connectivity index (χ0v) is 13.2. The summed E-state index contributed by atoms with van der Waals surface area (Å²) in [6.45, 7) is 4.33. The molecule has 0 aliphatic carbocycles. The molecule has 2 aromatic heterocycles. The van der Waals surface area contributed by atoms with E-state index in [1.807, 2.05) is 6.07 Å². The van der Waals surface area contributed by atoms with Gasteiger partial charge in [0.15, 0.2) is 0 Å². The van der Waals surface area contributed by atoms with Gasteiger partial charge in [0.25, 0.3) is 0 Å². The molecule has 1 fully saturated rings. The average molecular weight is 328 g/mol. The van der Waals surface area contributed by atoms with Gasteiger partial charge in [-0.25, -0.2) is 13.8 Å². The Morgan fingerprint density at radius 3 is 2.50 bits per heavy atom. The Bertz CT molecular complexity index is 836. The summed E-state index contributed by atoms with van der Waals surface area (Å²) in [6, 6.07) is 9.96. The zero-order valence-electron chi connectivity index (χ0n) is 13.2. The van der Waals surface area contributed by atoms with Gasteiger partial charge >= 0.3 is 0 Å². The van der Waals surface area contributed by atoms with Gasteiger partial charge in [-0.15, -0.1) is 0 Å². The molecule has 6 heteroatoms. The summed E-state index contributed by atoms with van der Waals surface area (Å²) in [6.07, 6.45) is 1.26. The summed E-state index contributed by atoms with van der Waals surface area (Å²) < 4.78 is 26.2. The third-order valence-electron chi connectivity index (χ3n) is 4.44. The fraction of sp³-hybridized carbons (Fsp3) is 0.278. The lowest BCUT2D eigenvalue weighted by Crippen LogP contribution is -2.46. The highest BCUT2D eigenvalue weighted by molar-refractivity contribution is 5.80. The Balaban J connectivity index is 1.39. The molecule has 0 radical (unpaired) electrons. The molecule has 1 N–H and O–H groups in total. The topological polar surface area (TPSA) is 35.2 Å². The fourth-order valence-corrected chi connectivity index (χ4v) is 3.18. The number of nitrogens with zero attached hydrogens (tertiary/aromatic N) is 3. The molecule has 1 aliphatic heterocycles. The molecule has 24 heavy (non-hydrogen) atoms. The Morgan fingerprint density at radius 1 is 0.958 bits per heavy atom. The number of rotatable bonds is 3. The summed E-state index contributed by atoms with van der Waals surface area (Å²) in [5.41, 5.74) is 2.05. The third-order valence-corrected chi connectivity index (χ3v) is 4.44. The number of halogens is 2. The van der Waals surface area contributed by atoms with Gasteiger partial charge in [0, 0.05) is 49.3 Å². The van der Waals surface area contributed by atoms with Gasteiger partial charge in [-0.05, 0) is 36.4 Å². The molecule has 0 saturated carbocycles. The van der Waals surface area contributed by atoms with Crippen LogP contribution in [0.15, 0.2) is 42.6 Å². The van der Waals surface area contributed by atoms with Crippen LogP contribution in [0.25, 0.3) is 10.9 Å². The van der Waals surface area contributed by atoms with Gasteiger partial charge < -0.3 is 9.88 Å². The second-order valence-corrected chi connectivity index (χ2v) is 6.12. The van der Waals surface area contributed by atoms with Crippen molar-refractivity contribution in [2.45, 2.75) is 6.54 Å². The largest absolute Gasteiger partial charge is 0.357 e. The molecule has 3 aromatic rings. The quantitative estimate of drug-likeness (QED) is 0.802. The number of aromatic nitrogens is 2. The van der Waals surface area contributed by atoms with E-state index in [4.69, 9.17) is 0 Å². The minimum absolute atomic E-state index is 0.214. The highest BCUT2D eigenvalue weighted by atomic mass is 19.1. The van der Waals surface area contributed by atoms with E-state index in [9.17, 15) is 8.78 Å². The molecule has 4 rings (SSSR count). The van der Waals surface area contributed by atoms with E-state index < -0.39 is 0 Å². The number of piperazine rings is 1. The first-order valence-electron chi connectivity index (χ1n) is 8.03. The fourth-order valence-electron chi connectivity index (χ4n) is 3.18. The van der Waals surface area contributed by atoms with E-state index in [2.05, 4.69) is 19.8 Å². The predicted molar refractivity (Wildman–Crippen MR) is 89.9 cm³/mol. The number of anilines is 1. The Morgan fingerprint density at radius 2 is 1.75 bits per heavy atom. The van der Waals surface area contributed by atoms with Crippen molar-refractivity contribution < 1.29 is 8.78 Å². The van der Waals surface area contributed by atoms with E-state index in [1.165, 1.54) is 18.3 Å². The minimum Gasteiger partial charge on any atom is -0.357 e. The van der Waals surface area contributed by atoms with Crippen molar-refractivity contribution in [3.8, 4) is 0 Å². The molecule has 0 atom stereocenters. The number of hydrogen-bond acceptors (Lipinski definition) is 3. The molecule has 0 spiro atoms. The lowest BCUT2D eigenvalue weighted by atomic mass is 10.2. The smallest absolute Gasteiger partial charge is 0.141 e. The molecule has 4 nitrogen and oxygen atoms in total. The van der Waals surface area contributed by atoms with Crippen LogP contribution in [0.5, 0.6) is 0 Å². The predicted octanol–water partition coefficient (Wildman–Crippen LogP) is 3.16. The van der Waals surface area contributed by atoms with Crippen LogP contribution >= 0.6 is 0 Å². The van der Waals surface area contributed by atoms with Crippen LogP contribution in [-0.2, 0) is 6.54 Å². The summed E-state index contributed by atoms with van der Waals surface area (Å²) in [5, 5.41) is 0.902. The number of benzene rings is 1. The molecule has 0 bridgehead atoms. The van der Waals surface area contributed by atoms with Crippen molar-refractivity contribution in [1.82, 2.24) is 14.9 Å². The lowest BCUT2D eigenvalue weighted by molar-refractivity contribution is 0.247. The van der Waals surface area contributed by atoms with Crippen molar-refractivity contribution in [3.63, 3.8) is 0 Å². The van der Waals surface area contributed by atoms with Crippen molar-refractivity contribution in [1.29, 1.82) is 0 Å². The number of pyridine rings is 1. The Labute approximate surface area is 138 Å². The number of hydrogen-bond donors (Lipinski definition) is 1. The minimum atomic E-state index is -0.312. The SMILES string of the molecule is Fc1ccc(N2CCN(Cc3cc4cc(F)ccc4[nH]3)CC2)nc1. The van der Waals surface area contributed by atoms with Crippen molar-refractivity contribution in [2.75, 3.05) is 31.1 Å². The molecular weight excluding hydrogens is 310 g/mol. The van der Waals surface area contributed by atoms with Gasteiger partial charge in [-0.2, -0.15) is 0 Å². The summed E-state index contributed by atoms with van der Waals surface area (Å²) >= 11 is 0. The van der Waals surface area contributed by atoms with Crippen LogP contribution in [0, 0.1) is 11.6 Å². The van der Waals surface area contributed by atoms with Crippen LogP contribution in [0.2, 0.25) is 0 Å². The van der Waals surface area contributed by atoms with Gasteiger partial charge in [0.05, 0.1) is 6.20 Å². The number of H-pyrrole nitrogens is 1. The monoisotopic (exact) mass is 328 g/mol. The van der Waals surface area contributed by atoms with Gasteiger partial charge in [0.1, 0.15) is 17.5 Å². The second-order valence-electron chi connectivity index (χ2n) is 6.12. The summed E-state index contributed by atoms with van der Waals surface area (Å²) in [5.74, 6) is 0.290. The van der Waals surface area contributed by atoms with E-state index in [0.29, 0.717) is 0 Å². The van der Waals surface area contributed by atoms with Crippen LogP contribution in [0.4, 0.5) is 14.6 Å². The van der Waals surface area contributed by atoms with Crippen LogP contribution in [0.1, 0.15) is 5.69 Å². The zero-order chi connectivity index (χ0) is 16.5. The Hall–Kier alpha value is -2.47. The molecule has 0 unspecified atom stereocenters. The van der Waals surface area contributed by atoms with E-state index in [0.717, 1.165) is 55.1 Å². The lowest BCUT2D eigenvalue weighted by Gasteiger charge is -2.35. The highest BCUT2D eigenvalue weighted by Gasteiger charge is 2.18. The molecule has 0 amide bonds. The standard InChI is InChI=1S/C18H18F2N4/c19-14-1-3-17-13(9-14)10-16(22-17)12-23-5-7-24(8-6-23)18-4-2-15(20)11-21-18/h1-4,9-11,22H,5-8,12H2. The maximum Gasteiger partial charge on any atom is 0.141 e. The van der Waals surface area contributed by atoms with Crippen LogP contribution in [-0.4, -0.2) is 41.0 Å². The summed E-state index contributed by atoms with van der Waals surface area (Å²) in [7, 11) is 0. The number of aromatic amines is 1. The second kappa shape index (κ2) is 6.20. The van der Waals surface area contributed by atoms with E-state index in [1.54, 1.807) is 18.2 Å². The van der Waals surface area contributed by atoms with Crippen molar-refractivity contribution in [2.24, 2.45) is 0 Å². The van der Waals surface area contributed by atoms with E-state index >= 15 is 0 Å². The number of fused-ring (bicyclic) bond motifs is 1. The maximum absolute atomic E-state index is 13.3. The Kier molecular flexibility index (Phi) is 3.90. The maximum atomic E-state index is 13.3. The average Bonchev–Trinajstić information content (AvgIpc) is 2.98. The molecule has 3 heterocycles. The molecule has 1 aromatic carbocycles.